The van der Waals surface area contributed by atoms with Crippen LogP contribution in [0.3, 0.4) is 0 Å². The van der Waals surface area contributed by atoms with E-state index in [4.69, 9.17) is 5.11 Å². The third-order valence-corrected chi connectivity index (χ3v) is 3.55. The minimum absolute atomic E-state index is 0.0213. The van der Waals surface area contributed by atoms with Crippen LogP contribution in [0.25, 0.3) is 0 Å². The van der Waals surface area contributed by atoms with Crippen LogP contribution in [-0.2, 0) is 9.59 Å². The van der Waals surface area contributed by atoms with Gasteiger partial charge in [-0.1, -0.05) is 18.9 Å². The van der Waals surface area contributed by atoms with Crippen molar-refractivity contribution in [2.45, 2.75) is 38.5 Å². The summed E-state index contributed by atoms with van der Waals surface area (Å²) in [4.78, 5) is 24.5. The summed E-state index contributed by atoms with van der Waals surface area (Å²) >= 11 is 0. The lowest BCUT2D eigenvalue weighted by molar-refractivity contribution is -0.141. The topological polar surface area (TPSA) is 57.6 Å². The number of aliphatic carboxylic acids is 1. The van der Waals surface area contributed by atoms with E-state index in [1.54, 1.807) is 18.0 Å². The molecule has 4 heteroatoms. The zero-order valence-electron chi connectivity index (χ0n) is 10.4. The Labute approximate surface area is 102 Å². The van der Waals surface area contributed by atoms with Crippen LogP contribution in [0.4, 0.5) is 0 Å². The van der Waals surface area contributed by atoms with E-state index in [0.29, 0.717) is 13.0 Å². The number of hydrogen-bond acceptors (Lipinski definition) is 2. The fourth-order valence-corrected chi connectivity index (χ4v) is 2.61. The van der Waals surface area contributed by atoms with Gasteiger partial charge in [0.05, 0.1) is 6.42 Å². The number of carbonyl (C=O) groups is 2. The third-order valence-electron chi connectivity index (χ3n) is 3.55. The Hall–Kier alpha value is -1.32. The monoisotopic (exact) mass is 239 g/mol. The van der Waals surface area contributed by atoms with Crippen molar-refractivity contribution in [3.8, 4) is 0 Å². The first-order chi connectivity index (χ1) is 7.99. The Kier molecular flexibility index (Phi) is 4.73. The Balaban J connectivity index is 2.63. The fourth-order valence-electron chi connectivity index (χ4n) is 2.61. The molecule has 0 heterocycles. The molecule has 96 valence electrons. The number of carboxylic acid groups (broad SMARTS) is 1. The molecule has 4 nitrogen and oxygen atoms in total. The van der Waals surface area contributed by atoms with E-state index in [2.05, 4.69) is 6.58 Å². The van der Waals surface area contributed by atoms with Crippen molar-refractivity contribution in [2.75, 3.05) is 13.6 Å². The molecular weight excluding hydrogens is 218 g/mol. The lowest BCUT2D eigenvalue weighted by Gasteiger charge is -2.28. The highest BCUT2D eigenvalue weighted by Crippen LogP contribution is 2.44. The van der Waals surface area contributed by atoms with Crippen LogP contribution in [-0.4, -0.2) is 35.5 Å². The van der Waals surface area contributed by atoms with Gasteiger partial charge in [0.1, 0.15) is 0 Å². The molecule has 0 atom stereocenters. The van der Waals surface area contributed by atoms with E-state index in [9.17, 15) is 9.59 Å². The molecule has 0 aliphatic heterocycles. The minimum atomic E-state index is -0.800. The van der Waals surface area contributed by atoms with Crippen molar-refractivity contribution in [2.24, 2.45) is 5.41 Å². The molecule has 0 bridgehead atoms. The lowest BCUT2D eigenvalue weighted by Crippen LogP contribution is -2.33. The molecule has 1 fully saturated rings. The number of hydrogen-bond donors (Lipinski definition) is 1. The summed E-state index contributed by atoms with van der Waals surface area (Å²) in [5.41, 5.74) is -0.307. The van der Waals surface area contributed by atoms with E-state index >= 15 is 0 Å². The Morgan fingerprint density at radius 2 is 1.94 bits per heavy atom. The molecule has 0 saturated heterocycles. The Morgan fingerprint density at radius 1 is 1.35 bits per heavy atom. The summed E-state index contributed by atoms with van der Waals surface area (Å²) < 4.78 is 0. The summed E-state index contributed by atoms with van der Waals surface area (Å²) in [6.45, 7) is 4.11. The van der Waals surface area contributed by atoms with Gasteiger partial charge in [0.25, 0.3) is 0 Å². The average molecular weight is 239 g/mol. The van der Waals surface area contributed by atoms with Crippen LogP contribution in [0, 0.1) is 5.41 Å². The number of nitrogens with zero attached hydrogens (tertiary/aromatic N) is 1. The summed E-state index contributed by atoms with van der Waals surface area (Å²) in [5, 5.41) is 8.95. The normalized spacial score (nSPS) is 17.7. The molecule has 0 aromatic heterocycles. The number of carboxylic acids is 1. The molecule has 1 aliphatic carbocycles. The van der Waals surface area contributed by atoms with E-state index in [-0.39, 0.29) is 17.7 Å². The number of amides is 1. The smallest absolute Gasteiger partial charge is 0.303 e. The highest BCUT2D eigenvalue weighted by Gasteiger charge is 2.38. The third kappa shape index (κ3) is 3.88. The Morgan fingerprint density at radius 3 is 2.41 bits per heavy atom. The number of rotatable bonds is 6. The van der Waals surface area contributed by atoms with Gasteiger partial charge in [0, 0.05) is 20.0 Å². The molecule has 1 N–H and O–H groups in total. The Bertz CT molecular complexity index is 306. The molecule has 0 radical (unpaired) electrons. The molecule has 1 rings (SSSR count). The molecule has 0 aromatic rings. The van der Waals surface area contributed by atoms with Crippen LogP contribution < -0.4 is 0 Å². The maximum Gasteiger partial charge on any atom is 0.303 e. The minimum Gasteiger partial charge on any atom is -0.481 e. The molecular formula is C13H21NO3. The van der Waals surface area contributed by atoms with Crippen LogP contribution in [0.1, 0.15) is 38.5 Å². The van der Waals surface area contributed by atoms with Gasteiger partial charge in [-0.05, 0) is 18.3 Å². The zero-order chi connectivity index (χ0) is 12.9. The lowest BCUT2D eigenvalue weighted by atomic mass is 9.79. The second kappa shape index (κ2) is 5.84. The SMILES string of the molecule is C=CCN(C)C(=O)CC1(CC(=O)O)CCCC1. The highest BCUT2D eigenvalue weighted by molar-refractivity contribution is 5.78. The largest absolute Gasteiger partial charge is 0.481 e. The summed E-state index contributed by atoms with van der Waals surface area (Å²) in [6, 6.07) is 0. The van der Waals surface area contributed by atoms with Crippen molar-refractivity contribution in [3.05, 3.63) is 12.7 Å². The summed E-state index contributed by atoms with van der Waals surface area (Å²) in [5.74, 6) is -0.779. The van der Waals surface area contributed by atoms with E-state index < -0.39 is 5.97 Å². The van der Waals surface area contributed by atoms with Gasteiger partial charge < -0.3 is 10.0 Å². The van der Waals surface area contributed by atoms with Crippen LogP contribution in [0.5, 0.6) is 0 Å². The molecule has 1 aliphatic rings. The first kappa shape index (κ1) is 13.7. The van der Waals surface area contributed by atoms with Crippen molar-refractivity contribution in [3.63, 3.8) is 0 Å². The first-order valence-electron chi connectivity index (χ1n) is 6.06. The zero-order valence-corrected chi connectivity index (χ0v) is 10.4. The maximum absolute atomic E-state index is 12.0. The van der Waals surface area contributed by atoms with E-state index in [1.807, 2.05) is 0 Å². The summed E-state index contributed by atoms with van der Waals surface area (Å²) in [7, 11) is 1.73. The van der Waals surface area contributed by atoms with E-state index in [1.165, 1.54) is 0 Å². The quantitative estimate of drug-likeness (QED) is 0.722. The van der Waals surface area contributed by atoms with Crippen LogP contribution in [0.2, 0.25) is 0 Å². The van der Waals surface area contributed by atoms with Crippen molar-refractivity contribution in [1.82, 2.24) is 4.90 Å². The standard InChI is InChI=1S/C13H21NO3/c1-3-8-14(2)11(15)9-13(10-12(16)17)6-4-5-7-13/h3H,1,4-10H2,2H3,(H,16,17). The van der Waals surface area contributed by atoms with Gasteiger partial charge in [-0.2, -0.15) is 0 Å². The fraction of sp³-hybridized carbons (Fsp3) is 0.692. The second-order valence-corrected chi connectivity index (χ2v) is 5.02. The molecule has 1 amide bonds. The summed E-state index contributed by atoms with van der Waals surface area (Å²) in [6.07, 6.45) is 5.91. The molecule has 0 aromatic carbocycles. The van der Waals surface area contributed by atoms with Gasteiger partial charge in [-0.25, -0.2) is 0 Å². The highest BCUT2D eigenvalue weighted by atomic mass is 16.4. The predicted molar refractivity (Wildman–Crippen MR) is 65.6 cm³/mol. The molecule has 0 spiro atoms. The van der Waals surface area contributed by atoms with Gasteiger partial charge in [-0.3, -0.25) is 9.59 Å². The van der Waals surface area contributed by atoms with Gasteiger partial charge in [-0.15, -0.1) is 6.58 Å². The van der Waals surface area contributed by atoms with Crippen LogP contribution in [0.15, 0.2) is 12.7 Å². The maximum atomic E-state index is 12.0. The van der Waals surface area contributed by atoms with Crippen molar-refractivity contribution < 1.29 is 14.7 Å². The van der Waals surface area contributed by atoms with Gasteiger partial charge in [0.2, 0.25) is 5.91 Å². The van der Waals surface area contributed by atoms with Crippen molar-refractivity contribution in [1.29, 1.82) is 0 Å². The predicted octanol–water partition coefficient (Wildman–Crippen LogP) is 2.06. The molecule has 0 unspecified atom stereocenters. The number of carbonyl (C=O) groups excluding carboxylic acids is 1. The number of likely N-dealkylation sites (N-methyl/N-ethyl adjacent to an activating group) is 1. The second-order valence-electron chi connectivity index (χ2n) is 5.02. The van der Waals surface area contributed by atoms with Gasteiger partial charge in [0.15, 0.2) is 0 Å². The van der Waals surface area contributed by atoms with Crippen molar-refractivity contribution >= 4 is 11.9 Å². The van der Waals surface area contributed by atoms with E-state index in [0.717, 1.165) is 25.7 Å². The first-order valence-corrected chi connectivity index (χ1v) is 6.06. The molecule has 1 saturated carbocycles. The average Bonchev–Trinajstić information content (AvgIpc) is 2.65. The van der Waals surface area contributed by atoms with Crippen LogP contribution >= 0.6 is 0 Å². The molecule has 17 heavy (non-hydrogen) atoms. The van der Waals surface area contributed by atoms with Gasteiger partial charge >= 0.3 is 5.97 Å².